The van der Waals surface area contributed by atoms with Gasteiger partial charge in [-0.25, -0.2) is 4.79 Å². The molecule has 2 N–H and O–H groups in total. The average Bonchev–Trinajstić information content (AvgIpc) is 2.14. The van der Waals surface area contributed by atoms with E-state index in [0.717, 1.165) is 5.69 Å². The van der Waals surface area contributed by atoms with Crippen LogP contribution in [0, 0.1) is 5.41 Å². The molecule has 1 aromatic rings. The topological polar surface area (TPSA) is 49.3 Å². The second kappa shape index (κ2) is 5.41. The second-order valence-electron chi connectivity index (χ2n) is 5.31. The summed E-state index contributed by atoms with van der Waals surface area (Å²) in [5.41, 5.74) is 0.684. The summed E-state index contributed by atoms with van der Waals surface area (Å²) in [6.45, 7) is 6.05. The van der Waals surface area contributed by atoms with E-state index in [9.17, 15) is 9.90 Å². The molecular formula is C13H18ClNO2. The third-order valence-electron chi connectivity index (χ3n) is 2.28. The molecule has 0 radical (unpaired) electrons. The molecule has 3 nitrogen and oxygen atoms in total. The predicted molar refractivity (Wildman–Crippen MR) is 70.6 cm³/mol. The van der Waals surface area contributed by atoms with Crippen molar-refractivity contribution >= 4 is 23.3 Å². The molecule has 0 amide bonds. The van der Waals surface area contributed by atoms with Gasteiger partial charge in [-0.2, -0.15) is 0 Å². The number of benzene rings is 1. The van der Waals surface area contributed by atoms with E-state index in [0.29, 0.717) is 11.4 Å². The summed E-state index contributed by atoms with van der Waals surface area (Å²) in [6, 6.07) is 6.48. The minimum Gasteiger partial charge on any atom is -0.480 e. The number of hydrogen-bond donors (Lipinski definition) is 2. The van der Waals surface area contributed by atoms with E-state index < -0.39 is 12.0 Å². The van der Waals surface area contributed by atoms with Crippen molar-refractivity contribution in [3.63, 3.8) is 0 Å². The number of carboxylic acids is 1. The number of rotatable bonds is 4. The molecule has 0 bridgehead atoms. The molecule has 4 heteroatoms. The van der Waals surface area contributed by atoms with Crippen molar-refractivity contribution in [3.8, 4) is 0 Å². The van der Waals surface area contributed by atoms with Crippen LogP contribution in [0.4, 0.5) is 5.69 Å². The highest BCUT2D eigenvalue weighted by Crippen LogP contribution is 2.24. The first-order chi connectivity index (χ1) is 7.78. The van der Waals surface area contributed by atoms with E-state index in [1.165, 1.54) is 0 Å². The number of aliphatic carboxylic acids is 1. The molecule has 17 heavy (non-hydrogen) atoms. The molecule has 0 aliphatic carbocycles. The Balaban J connectivity index is 2.77. The lowest BCUT2D eigenvalue weighted by atomic mass is 9.88. The number of carboxylic acid groups (broad SMARTS) is 1. The van der Waals surface area contributed by atoms with E-state index in [1.807, 2.05) is 26.8 Å². The van der Waals surface area contributed by atoms with E-state index >= 15 is 0 Å². The van der Waals surface area contributed by atoms with E-state index in [2.05, 4.69) is 5.32 Å². The lowest BCUT2D eigenvalue weighted by molar-refractivity contribution is -0.138. The fourth-order valence-electron chi connectivity index (χ4n) is 1.59. The maximum absolute atomic E-state index is 11.2. The van der Waals surface area contributed by atoms with Crippen LogP contribution >= 0.6 is 11.6 Å². The maximum atomic E-state index is 11.2. The van der Waals surface area contributed by atoms with Crippen molar-refractivity contribution in [3.05, 3.63) is 29.3 Å². The molecule has 0 saturated carbocycles. The van der Waals surface area contributed by atoms with Gasteiger partial charge in [-0.3, -0.25) is 0 Å². The van der Waals surface area contributed by atoms with Crippen LogP contribution in [0.3, 0.4) is 0 Å². The summed E-state index contributed by atoms with van der Waals surface area (Å²) in [5, 5.41) is 12.8. The number of anilines is 1. The van der Waals surface area contributed by atoms with Crippen LogP contribution in [0.5, 0.6) is 0 Å². The van der Waals surface area contributed by atoms with Crippen LogP contribution in [0.2, 0.25) is 5.02 Å². The Morgan fingerprint density at radius 1 is 1.47 bits per heavy atom. The van der Waals surface area contributed by atoms with Gasteiger partial charge in [-0.15, -0.1) is 0 Å². The van der Waals surface area contributed by atoms with Gasteiger partial charge in [0.2, 0.25) is 0 Å². The van der Waals surface area contributed by atoms with Crippen molar-refractivity contribution in [1.29, 1.82) is 0 Å². The average molecular weight is 256 g/mol. The van der Waals surface area contributed by atoms with Gasteiger partial charge >= 0.3 is 5.97 Å². The Hall–Kier alpha value is -1.22. The van der Waals surface area contributed by atoms with Gasteiger partial charge in [-0.05, 0) is 30.0 Å². The van der Waals surface area contributed by atoms with Crippen LogP contribution < -0.4 is 5.32 Å². The molecule has 1 aromatic carbocycles. The van der Waals surface area contributed by atoms with Crippen molar-refractivity contribution in [2.24, 2.45) is 5.41 Å². The Morgan fingerprint density at radius 2 is 2.12 bits per heavy atom. The quantitative estimate of drug-likeness (QED) is 0.864. The largest absolute Gasteiger partial charge is 0.480 e. The van der Waals surface area contributed by atoms with Crippen LogP contribution in [0.1, 0.15) is 27.2 Å². The molecule has 0 spiro atoms. The summed E-state index contributed by atoms with van der Waals surface area (Å²) in [4.78, 5) is 11.2. The number of nitrogens with one attached hydrogen (secondary N) is 1. The Labute approximate surface area is 107 Å². The van der Waals surface area contributed by atoms with E-state index in [4.69, 9.17) is 11.6 Å². The van der Waals surface area contributed by atoms with Gasteiger partial charge < -0.3 is 10.4 Å². The predicted octanol–water partition coefficient (Wildman–Crippen LogP) is 3.64. The molecule has 94 valence electrons. The van der Waals surface area contributed by atoms with E-state index in [1.54, 1.807) is 18.2 Å². The van der Waals surface area contributed by atoms with Crippen molar-refractivity contribution < 1.29 is 9.90 Å². The second-order valence-corrected chi connectivity index (χ2v) is 5.75. The van der Waals surface area contributed by atoms with Crippen molar-refractivity contribution in [2.45, 2.75) is 33.2 Å². The van der Waals surface area contributed by atoms with E-state index in [-0.39, 0.29) is 5.41 Å². The van der Waals surface area contributed by atoms with Gasteiger partial charge in [0.25, 0.3) is 0 Å². The zero-order valence-corrected chi connectivity index (χ0v) is 11.1. The first-order valence-electron chi connectivity index (χ1n) is 5.53. The Morgan fingerprint density at radius 3 is 2.59 bits per heavy atom. The van der Waals surface area contributed by atoms with Gasteiger partial charge in [0.1, 0.15) is 6.04 Å². The first kappa shape index (κ1) is 13.8. The van der Waals surface area contributed by atoms with Crippen molar-refractivity contribution in [2.75, 3.05) is 5.32 Å². The number of carbonyl (C=O) groups is 1. The summed E-state index contributed by atoms with van der Waals surface area (Å²) in [7, 11) is 0. The minimum absolute atomic E-state index is 0.0470. The maximum Gasteiger partial charge on any atom is 0.326 e. The zero-order chi connectivity index (χ0) is 13.1. The smallest absolute Gasteiger partial charge is 0.326 e. The molecule has 0 aliphatic rings. The molecule has 1 unspecified atom stereocenters. The molecule has 0 fully saturated rings. The minimum atomic E-state index is -0.847. The number of hydrogen-bond acceptors (Lipinski definition) is 2. The Bertz CT molecular complexity index is 399. The lowest BCUT2D eigenvalue weighted by Gasteiger charge is -2.24. The van der Waals surface area contributed by atoms with Crippen LogP contribution in [-0.2, 0) is 4.79 Å². The van der Waals surface area contributed by atoms with Crippen LogP contribution in [0.15, 0.2) is 24.3 Å². The summed E-state index contributed by atoms with van der Waals surface area (Å²) in [5.74, 6) is -0.847. The van der Waals surface area contributed by atoms with Crippen molar-refractivity contribution in [1.82, 2.24) is 0 Å². The monoisotopic (exact) mass is 255 g/mol. The number of halogens is 1. The molecule has 1 atom stereocenters. The normalized spacial score (nSPS) is 13.2. The van der Waals surface area contributed by atoms with Crippen LogP contribution in [-0.4, -0.2) is 17.1 Å². The standard InChI is InChI=1S/C13H18ClNO2/c1-13(2,3)8-11(12(16)17)15-10-6-4-5-9(14)7-10/h4-7,11,15H,8H2,1-3H3,(H,16,17). The third-order valence-corrected chi connectivity index (χ3v) is 2.52. The van der Waals surface area contributed by atoms with Gasteiger partial charge in [0.15, 0.2) is 0 Å². The Kier molecular flexibility index (Phi) is 4.40. The molecule has 0 saturated heterocycles. The SMILES string of the molecule is CC(C)(C)CC(Nc1cccc(Cl)c1)C(=O)O. The molecule has 0 heterocycles. The molecular weight excluding hydrogens is 238 g/mol. The molecule has 0 aromatic heterocycles. The zero-order valence-electron chi connectivity index (χ0n) is 10.3. The summed E-state index contributed by atoms with van der Waals surface area (Å²) >= 11 is 5.85. The lowest BCUT2D eigenvalue weighted by Crippen LogP contribution is -2.33. The third kappa shape index (κ3) is 5.09. The fourth-order valence-corrected chi connectivity index (χ4v) is 1.78. The highest BCUT2D eigenvalue weighted by molar-refractivity contribution is 6.30. The van der Waals surface area contributed by atoms with Gasteiger partial charge in [0, 0.05) is 10.7 Å². The highest BCUT2D eigenvalue weighted by Gasteiger charge is 2.24. The highest BCUT2D eigenvalue weighted by atomic mass is 35.5. The van der Waals surface area contributed by atoms with Gasteiger partial charge in [0.05, 0.1) is 0 Å². The first-order valence-corrected chi connectivity index (χ1v) is 5.91. The molecule has 0 aliphatic heterocycles. The molecule has 1 rings (SSSR count). The van der Waals surface area contributed by atoms with Gasteiger partial charge in [-0.1, -0.05) is 38.4 Å². The fraction of sp³-hybridized carbons (Fsp3) is 0.462. The summed E-state index contributed by atoms with van der Waals surface area (Å²) < 4.78 is 0. The summed E-state index contributed by atoms with van der Waals surface area (Å²) in [6.07, 6.45) is 0.550. The van der Waals surface area contributed by atoms with Crippen LogP contribution in [0.25, 0.3) is 0 Å².